The first kappa shape index (κ1) is 7.35. The zero-order valence-electron chi connectivity index (χ0n) is 6.45. The number of nitrogens with two attached hydrogens (primary N) is 1. The Hall–Kier alpha value is -1.30. The van der Waals surface area contributed by atoms with Gasteiger partial charge in [0.2, 0.25) is 0 Å². The number of hydrogen-bond donors (Lipinski definition) is 3. The van der Waals surface area contributed by atoms with E-state index in [1.807, 2.05) is 24.3 Å². The van der Waals surface area contributed by atoms with Crippen LogP contribution < -0.4 is 21.4 Å². The Morgan fingerprint density at radius 1 is 1.50 bits per heavy atom. The molecule has 1 heterocycles. The maximum absolute atomic E-state index is 11.2. The summed E-state index contributed by atoms with van der Waals surface area (Å²) in [5.74, 6) is 0. The van der Waals surface area contributed by atoms with Crippen molar-refractivity contribution >= 4 is 11.4 Å². The van der Waals surface area contributed by atoms with Crippen molar-refractivity contribution < 1.29 is 5.28 Å². The Morgan fingerprint density at radius 2 is 2.25 bits per heavy atom. The van der Waals surface area contributed by atoms with Crippen molar-refractivity contribution in [3.05, 3.63) is 29.5 Å². The average molecular weight is 166 g/mol. The van der Waals surface area contributed by atoms with Crippen LogP contribution in [-0.2, 0) is 0 Å². The molecule has 5 heteroatoms. The molecule has 0 saturated carbocycles. The van der Waals surface area contributed by atoms with Gasteiger partial charge in [-0.2, -0.15) is 10.3 Å². The molecule has 0 aliphatic carbocycles. The van der Waals surface area contributed by atoms with Crippen LogP contribution in [0.15, 0.2) is 24.3 Å². The van der Waals surface area contributed by atoms with Crippen molar-refractivity contribution in [1.29, 1.82) is 0 Å². The molecule has 0 fully saturated rings. The predicted octanol–water partition coefficient (Wildman–Crippen LogP) is -0.953. The molecular formula is C7H10N4O. The second-order valence-electron chi connectivity index (χ2n) is 2.56. The normalized spacial score (nSPS) is 20.5. The van der Waals surface area contributed by atoms with Gasteiger partial charge < -0.3 is 10.9 Å². The van der Waals surface area contributed by atoms with Crippen molar-refractivity contribution in [1.82, 2.24) is 0 Å². The molecule has 1 atom stereocenters. The fourth-order valence-corrected chi connectivity index (χ4v) is 1.29. The molecule has 1 aromatic rings. The van der Waals surface area contributed by atoms with Crippen LogP contribution in [0.25, 0.3) is 0 Å². The largest absolute Gasteiger partial charge is 0.582 e. The van der Waals surface area contributed by atoms with E-state index in [0.29, 0.717) is 0 Å². The molecular weight excluding hydrogens is 156 g/mol. The van der Waals surface area contributed by atoms with Gasteiger partial charge in [-0.05, 0) is 12.1 Å². The summed E-state index contributed by atoms with van der Waals surface area (Å²) >= 11 is 0. The van der Waals surface area contributed by atoms with Crippen LogP contribution in [0.3, 0.4) is 0 Å². The number of anilines is 2. The molecule has 0 spiro atoms. The van der Waals surface area contributed by atoms with Gasteiger partial charge in [0, 0.05) is 0 Å². The van der Waals surface area contributed by atoms with E-state index < -0.39 is 0 Å². The molecule has 0 radical (unpaired) electrons. The molecule has 5 nitrogen and oxygen atoms in total. The molecule has 0 aromatic heterocycles. The van der Waals surface area contributed by atoms with Crippen molar-refractivity contribution in [2.24, 2.45) is 5.73 Å². The molecule has 1 aromatic carbocycles. The molecule has 1 unspecified atom stereocenters. The van der Waals surface area contributed by atoms with Crippen LogP contribution in [-0.4, -0.2) is 6.67 Å². The third-order valence-corrected chi connectivity index (χ3v) is 1.86. The maximum atomic E-state index is 11.2. The highest BCUT2D eigenvalue weighted by molar-refractivity contribution is 5.69. The van der Waals surface area contributed by atoms with Crippen LogP contribution in [0.2, 0.25) is 0 Å². The van der Waals surface area contributed by atoms with E-state index in [1.54, 1.807) is 0 Å². The third kappa shape index (κ3) is 0.918. The summed E-state index contributed by atoms with van der Waals surface area (Å²) in [4.78, 5) is 0. The zero-order chi connectivity index (χ0) is 8.55. The lowest BCUT2D eigenvalue weighted by Crippen LogP contribution is -3.16. The number of quaternary nitrogens is 1. The van der Waals surface area contributed by atoms with E-state index in [-0.39, 0.29) is 11.9 Å². The molecule has 4 N–H and O–H groups in total. The van der Waals surface area contributed by atoms with Crippen molar-refractivity contribution in [3.63, 3.8) is 0 Å². The molecule has 12 heavy (non-hydrogen) atoms. The van der Waals surface area contributed by atoms with Gasteiger partial charge in [0.1, 0.15) is 18.0 Å². The minimum Gasteiger partial charge on any atom is -0.582 e. The fourth-order valence-electron chi connectivity index (χ4n) is 1.29. The highest BCUT2D eigenvalue weighted by Gasteiger charge is 2.23. The second-order valence-corrected chi connectivity index (χ2v) is 2.56. The number of rotatable bonds is 1. The molecule has 0 amide bonds. The first-order chi connectivity index (χ1) is 5.83. The lowest BCUT2D eigenvalue weighted by atomic mass is 10.3. The summed E-state index contributed by atoms with van der Waals surface area (Å²) in [6, 6.07) is 7.46. The predicted molar refractivity (Wildman–Crippen MR) is 45.9 cm³/mol. The summed E-state index contributed by atoms with van der Waals surface area (Å²) < 4.78 is 0. The zero-order valence-corrected chi connectivity index (χ0v) is 6.45. The van der Waals surface area contributed by atoms with Crippen LogP contribution >= 0.6 is 0 Å². The number of nitrogens with zero attached hydrogens (tertiary/aromatic N) is 1. The van der Waals surface area contributed by atoms with Gasteiger partial charge in [0.15, 0.2) is 0 Å². The maximum Gasteiger partial charge on any atom is 0.121 e. The Bertz CT molecular complexity index is 290. The van der Waals surface area contributed by atoms with Crippen LogP contribution in [0.5, 0.6) is 0 Å². The number of fused-ring (bicyclic) bond motifs is 1. The van der Waals surface area contributed by atoms with Gasteiger partial charge in [-0.3, -0.25) is 0 Å². The molecule has 0 bridgehead atoms. The topological polar surface area (TPSA) is 68.8 Å². The lowest BCUT2D eigenvalue weighted by molar-refractivity contribution is -0.828. The van der Waals surface area contributed by atoms with Gasteiger partial charge in [0.05, 0.1) is 0 Å². The minimum absolute atomic E-state index is 0.154. The van der Waals surface area contributed by atoms with E-state index >= 15 is 0 Å². The summed E-state index contributed by atoms with van der Waals surface area (Å²) in [5.41, 5.74) is 9.79. The van der Waals surface area contributed by atoms with Gasteiger partial charge in [-0.15, -0.1) is 0 Å². The Morgan fingerprint density at radius 3 is 3.00 bits per heavy atom. The van der Waals surface area contributed by atoms with Crippen molar-refractivity contribution in [3.8, 4) is 0 Å². The second kappa shape index (κ2) is 2.63. The fraction of sp³-hybridized carbons (Fsp3) is 0.143. The Balaban J connectivity index is 2.40. The highest BCUT2D eigenvalue weighted by Crippen LogP contribution is 2.24. The summed E-state index contributed by atoms with van der Waals surface area (Å²) in [6.45, 7) is 0.211. The number of hydrogen-bond acceptors (Lipinski definition) is 4. The highest BCUT2D eigenvalue weighted by atomic mass is 16.6. The quantitative estimate of drug-likeness (QED) is 0.470. The lowest BCUT2D eigenvalue weighted by Gasteiger charge is -2.24. The SMILES string of the molecule is NCN1c2ccccc2N[NH+]1[O-]. The van der Waals surface area contributed by atoms with Gasteiger partial charge in [-0.1, -0.05) is 12.1 Å². The summed E-state index contributed by atoms with van der Waals surface area (Å²) in [7, 11) is 0. The number of nitrogens with one attached hydrogen (secondary N) is 2. The standard InChI is InChI=1S/C7H10N4O/c8-5-10-7-4-2-1-3-6(7)9-11(10)12/h1-4,9,11H,5,8H2. The molecule has 64 valence electrons. The van der Waals surface area contributed by atoms with E-state index in [0.717, 1.165) is 11.4 Å². The monoisotopic (exact) mass is 166 g/mol. The average Bonchev–Trinajstić information content (AvgIpc) is 2.40. The van der Waals surface area contributed by atoms with Crippen molar-refractivity contribution in [2.45, 2.75) is 0 Å². The summed E-state index contributed by atoms with van der Waals surface area (Å²) in [5, 5.41) is 12.5. The first-order valence-corrected chi connectivity index (χ1v) is 3.70. The van der Waals surface area contributed by atoms with Crippen LogP contribution in [0, 0.1) is 5.21 Å². The Kier molecular flexibility index (Phi) is 1.61. The first-order valence-electron chi connectivity index (χ1n) is 3.70. The molecule has 1 aliphatic heterocycles. The van der Waals surface area contributed by atoms with E-state index in [1.165, 1.54) is 5.01 Å². The van der Waals surface area contributed by atoms with Crippen LogP contribution in [0.1, 0.15) is 0 Å². The van der Waals surface area contributed by atoms with Crippen LogP contribution in [0.4, 0.5) is 11.4 Å². The molecule has 2 rings (SSSR count). The van der Waals surface area contributed by atoms with Gasteiger partial charge in [0.25, 0.3) is 0 Å². The number of para-hydroxylation sites is 2. The summed E-state index contributed by atoms with van der Waals surface area (Å²) in [6.07, 6.45) is 0. The smallest absolute Gasteiger partial charge is 0.121 e. The Labute approximate surface area is 69.9 Å². The van der Waals surface area contributed by atoms with E-state index in [2.05, 4.69) is 5.43 Å². The molecule has 0 saturated heterocycles. The third-order valence-electron chi connectivity index (χ3n) is 1.86. The molecule has 1 aliphatic rings. The number of benzene rings is 1. The minimum atomic E-state index is -0.154. The van der Waals surface area contributed by atoms with Gasteiger partial charge >= 0.3 is 0 Å². The van der Waals surface area contributed by atoms with E-state index in [4.69, 9.17) is 5.73 Å². The van der Waals surface area contributed by atoms with Crippen molar-refractivity contribution in [2.75, 3.05) is 17.1 Å². The van der Waals surface area contributed by atoms with E-state index in [9.17, 15) is 5.21 Å². The van der Waals surface area contributed by atoms with Gasteiger partial charge in [-0.25, -0.2) is 5.43 Å².